The zero-order valence-electron chi connectivity index (χ0n) is 10.4. The molecule has 0 spiro atoms. The molecular weight excluding hydrogens is 254 g/mol. The maximum atomic E-state index is 10.5. The number of nitro groups is 1. The summed E-state index contributed by atoms with van der Waals surface area (Å²) in [5, 5.41) is 18.9. The quantitative estimate of drug-likeness (QED) is 0.293. The molecule has 1 unspecified atom stereocenters. The molecule has 0 saturated carbocycles. The highest BCUT2D eigenvalue weighted by Crippen LogP contribution is 2.10. The Bertz CT molecular complexity index is 339. The molecule has 0 aromatic rings. The fourth-order valence-electron chi connectivity index (χ4n) is 1.36. The summed E-state index contributed by atoms with van der Waals surface area (Å²) in [6, 6.07) is 0. The van der Waals surface area contributed by atoms with Crippen molar-refractivity contribution in [1.29, 1.82) is 0 Å². The van der Waals surface area contributed by atoms with Crippen LogP contribution in [0.2, 0.25) is 0 Å². The van der Waals surface area contributed by atoms with E-state index >= 15 is 0 Å². The summed E-state index contributed by atoms with van der Waals surface area (Å²) in [5.74, 6) is -0.847. The summed E-state index contributed by atoms with van der Waals surface area (Å²) in [4.78, 5) is 20.5. The molecule has 0 aromatic carbocycles. The Labute approximate surface area is 112 Å². The highest BCUT2D eigenvalue weighted by Gasteiger charge is 2.07. The summed E-state index contributed by atoms with van der Waals surface area (Å²) >= 11 is 4.15. The van der Waals surface area contributed by atoms with Crippen molar-refractivity contribution in [1.82, 2.24) is 0 Å². The van der Waals surface area contributed by atoms with Crippen LogP contribution >= 0.6 is 12.6 Å². The Morgan fingerprint density at radius 3 is 2.67 bits per heavy atom. The van der Waals surface area contributed by atoms with E-state index in [2.05, 4.69) is 12.6 Å². The molecule has 0 fully saturated rings. The van der Waals surface area contributed by atoms with Gasteiger partial charge in [0.25, 0.3) is 0 Å². The highest BCUT2D eigenvalue weighted by molar-refractivity contribution is 7.81. The van der Waals surface area contributed by atoms with Gasteiger partial charge < -0.3 is 5.11 Å². The molecule has 6 heteroatoms. The van der Waals surface area contributed by atoms with E-state index in [1.54, 1.807) is 13.0 Å². The fourth-order valence-corrected chi connectivity index (χ4v) is 1.66. The molecule has 0 aliphatic carbocycles. The minimum absolute atomic E-state index is 0.0537. The van der Waals surface area contributed by atoms with E-state index in [-0.39, 0.29) is 22.3 Å². The maximum Gasteiger partial charge on any atom is 0.304 e. The molecule has 0 bridgehead atoms. The Balaban J connectivity index is 3.85. The maximum absolute atomic E-state index is 10.5. The number of carboxylic acids is 1. The number of nitrogens with zero attached hydrogens (tertiary/aromatic N) is 1. The van der Waals surface area contributed by atoms with Crippen molar-refractivity contribution in [2.45, 2.75) is 44.3 Å². The van der Waals surface area contributed by atoms with E-state index in [9.17, 15) is 14.9 Å². The van der Waals surface area contributed by atoms with Gasteiger partial charge in [0.2, 0.25) is 5.70 Å². The first-order valence-corrected chi connectivity index (χ1v) is 6.37. The summed E-state index contributed by atoms with van der Waals surface area (Å²) in [6.07, 6.45) is 7.75. The standard InChI is InChI=1S/C12H19NO4S/c1-2-10(13(16)17)7-5-3-4-6-8-11(18)9-12(14)15/h3-4,7,11,18H,2,5-6,8-9H2,1H3,(H,14,15). The van der Waals surface area contributed by atoms with Crippen LogP contribution in [0, 0.1) is 10.1 Å². The van der Waals surface area contributed by atoms with Crippen LogP contribution in [-0.2, 0) is 4.79 Å². The summed E-state index contributed by atoms with van der Waals surface area (Å²) in [7, 11) is 0. The molecule has 1 N–H and O–H groups in total. The number of rotatable bonds is 9. The van der Waals surface area contributed by atoms with Crippen LogP contribution < -0.4 is 0 Å². The van der Waals surface area contributed by atoms with Crippen LogP contribution in [0.5, 0.6) is 0 Å². The topological polar surface area (TPSA) is 80.4 Å². The van der Waals surface area contributed by atoms with Crippen LogP contribution in [0.15, 0.2) is 23.9 Å². The van der Waals surface area contributed by atoms with E-state index < -0.39 is 5.97 Å². The molecule has 0 aliphatic heterocycles. The smallest absolute Gasteiger partial charge is 0.304 e. The Morgan fingerprint density at radius 2 is 2.17 bits per heavy atom. The van der Waals surface area contributed by atoms with Gasteiger partial charge in [-0.25, -0.2) is 0 Å². The van der Waals surface area contributed by atoms with Crippen LogP contribution in [0.3, 0.4) is 0 Å². The minimum atomic E-state index is -0.847. The van der Waals surface area contributed by atoms with Gasteiger partial charge in [-0.15, -0.1) is 0 Å². The first kappa shape index (κ1) is 16.7. The van der Waals surface area contributed by atoms with E-state index in [4.69, 9.17) is 5.11 Å². The van der Waals surface area contributed by atoms with Gasteiger partial charge in [-0.3, -0.25) is 14.9 Å². The SMILES string of the molecule is CCC(=CCC=CCCC(S)CC(=O)O)[N+](=O)[O-]. The van der Waals surface area contributed by atoms with Crippen molar-refractivity contribution < 1.29 is 14.8 Å². The number of hydrogen-bond donors (Lipinski definition) is 2. The Kier molecular flexibility index (Phi) is 9.00. The second-order valence-corrected chi connectivity index (χ2v) is 4.57. The van der Waals surface area contributed by atoms with Gasteiger partial charge in [-0.2, -0.15) is 12.6 Å². The van der Waals surface area contributed by atoms with Gasteiger partial charge in [0.05, 0.1) is 11.3 Å². The van der Waals surface area contributed by atoms with Gasteiger partial charge in [0, 0.05) is 11.7 Å². The van der Waals surface area contributed by atoms with Gasteiger partial charge in [-0.1, -0.05) is 19.1 Å². The van der Waals surface area contributed by atoms with E-state index in [1.165, 1.54) is 0 Å². The average Bonchev–Trinajstić information content (AvgIpc) is 2.26. The van der Waals surface area contributed by atoms with E-state index in [1.807, 2.05) is 12.2 Å². The normalized spacial score (nSPS) is 13.8. The lowest BCUT2D eigenvalue weighted by atomic mass is 10.1. The predicted octanol–water partition coefficient (Wildman–Crippen LogP) is 3.06. The monoisotopic (exact) mass is 273 g/mol. The van der Waals surface area contributed by atoms with E-state index in [0.717, 1.165) is 6.42 Å². The van der Waals surface area contributed by atoms with Crippen molar-refractivity contribution >= 4 is 18.6 Å². The summed E-state index contributed by atoms with van der Waals surface area (Å²) in [6.45, 7) is 1.75. The lowest BCUT2D eigenvalue weighted by molar-refractivity contribution is -0.427. The zero-order valence-corrected chi connectivity index (χ0v) is 11.3. The molecular formula is C12H19NO4S. The molecule has 102 valence electrons. The highest BCUT2D eigenvalue weighted by atomic mass is 32.1. The molecule has 0 rings (SSSR count). The number of hydrogen-bond acceptors (Lipinski definition) is 4. The zero-order chi connectivity index (χ0) is 14.0. The molecule has 18 heavy (non-hydrogen) atoms. The minimum Gasteiger partial charge on any atom is -0.481 e. The van der Waals surface area contributed by atoms with Crippen molar-refractivity contribution in [3.63, 3.8) is 0 Å². The number of aliphatic carboxylic acids is 1. The Morgan fingerprint density at radius 1 is 1.50 bits per heavy atom. The molecule has 0 heterocycles. The molecule has 5 nitrogen and oxygen atoms in total. The van der Waals surface area contributed by atoms with Crippen molar-refractivity contribution in [2.24, 2.45) is 0 Å². The third-order valence-corrected chi connectivity index (χ3v) is 2.77. The summed E-state index contributed by atoms with van der Waals surface area (Å²) in [5.41, 5.74) is 0.220. The van der Waals surface area contributed by atoms with E-state index in [0.29, 0.717) is 19.3 Å². The van der Waals surface area contributed by atoms with Crippen molar-refractivity contribution in [3.05, 3.63) is 34.0 Å². The molecule has 0 radical (unpaired) electrons. The van der Waals surface area contributed by atoms with Crippen LogP contribution in [-0.4, -0.2) is 21.2 Å². The van der Waals surface area contributed by atoms with Gasteiger partial charge in [0.15, 0.2) is 0 Å². The van der Waals surface area contributed by atoms with Crippen LogP contribution in [0.4, 0.5) is 0 Å². The molecule has 0 amide bonds. The van der Waals surface area contributed by atoms with Crippen LogP contribution in [0.25, 0.3) is 0 Å². The second-order valence-electron chi connectivity index (χ2n) is 3.84. The first-order valence-electron chi connectivity index (χ1n) is 5.85. The van der Waals surface area contributed by atoms with Crippen LogP contribution in [0.1, 0.15) is 39.0 Å². The lowest BCUT2D eigenvalue weighted by Crippen LogP contribution is -2.06. The molecule has 0 aliphatic rings. The van der Waals surface area contributed by atoms with Crippen molar-refractivity contribution in [3.8, 4) is 0 Å². The number of allylic oxidation sites excluding steroid dienone is 4. The second kappa shape index (κ2) is 9.70. The lowest BCUT2D eigenvalue weighted by Gasteiger charge is -2.04. The third kappa shape index (κ3) is 8.81. The van der Waals surface area contributed by atoms with Gasteiger partial charge in [0.1, 0.15) is 0 Å². The summed E-state index contributed by atoms with van der Waals surface area (Å²) < 4.78 is 0. The largest absolute Gasteiger partial charge is 0.481 e. The predicted molar refractivity (Wildman–Crippen MR) is 73.4 cm³/mol. The van der Waals surface area contributed by atoms with Crippen molar-refractivity contribution in [2.75, 3.05) is 0 Å². The number of carboxylic acid groups (broad SMARTS) is 1. The molecule has 0 saturated heterocycles. The van der Waals surface area contributed by atoms with Gasteiger partial charge >= 0.3 is 5.97 Å². The van der Waals surface area contributed by atoms with Gasteiger partial charge in [-0.05, 0) is 25.3 Å². The Hall–Kier alpha value is -1.30. The molecule has 0 aromatic heterocycles. The number of carbonyl (C=O) groups is 1. The fraction of sp³-hybridized carbons (Fsp3) is 0.583. The molecule has 1 atom stereocenters. The first-order chi connectivity index (χ1) is 8.47. The number of thiol groups is 1. The third-order valence-electron chi connectivity index (χ3n) is 2.33. The average molecular weight is 273 g/mol.